The van der Waals surface area contributed by atoms with E-state index in [4.69, 9.17) is 5.73 Å². The van der Waals surface area contributed by atoms with Crippen molar-refractivity contribution in [2.45, 2.75) is 32.6 Å². The molecular formula is C13H22N2O4S2. The molecule has 0 aliphatic heterocycles. The first kappa shape index (κ1) is 17.9. The zero-order chi connectivity index (χ0) is 16.4. The summed E-state index contributed by atoms with van der Waals surface area (Å²) in [5, 5.41) is 0. The molecule has 0 unspecified atom stereocenters. The molecule has 1 rings (SSSR count). The second kappa shape index (κ2) is 6.33. The van der Waals surface area contributed by atoms with E-state index >= 15 is 0 Å². The smallest absolute Gasteiger partial charge is 0.241 e. The number of nitrogens with two attached hydrogens (primary N) is 1. The molecule has 0 saturated carbocycles. The minimum Gasteiger partial charge on any atom is -0.398 e. The van der Waals surface area contributed by atoms with Crippen molar-refractivity contribution in [3.8, 4) is 0 Å². The zero-order valence-electron chi connectivity index (χ0n) is 12.7. The number of sulfone groups is 1. The summed E-state index contributed by atoms with van der Waals surface area (Å²) < 4.78 is 49.8. The second-order valence-corrected chi connectivity index (χ2v) is 9.19. The SMILES string of the molecule is CCS(=O)(=O)CCNS(=O)(=O)c1c(C)cc(C)c(N)c1C. The van der Waals surface area contributed by atoms with Crippen LogP contribution in [0.25, 0.3) is 0 Å². The van der Waals surface area contributed by atoms with E-state index in [9.17, 15) is 16.8 Å². The summed E-state index contributed by atoms with van der Waals surface area (Å²) in [4.78, 5) is 0.125. The Morgan fingerprint density at radius 1 is 1.10 bits per heavy atom. The van der Waals surface area contributed by atoms with Gasteiger partial charge >= 0.3 is 0 Å². The Morgan fingerprint density at radius 2 is 1.67 bits per heavy atom. The third kappa shape index (κ3) is 4.18. The molecule has 0 aromatic heterocycles. The number of anilines is 1. The van der Waals surface area contributed by atoms with Crippen LogP contribution in [0.1, 0.15) is 23.6 Å². The lowest BCUT2D eigenvalue weighted by Crippen LogP contribution is -2.30. The van der Waals surface area contributed by atoms with E-state index in [-0.39, 0.29) is 22.9 Å². The fourth-order valence-electron chi connectivity index (χ4n) is 2.14. The average molecular weight is 334 g/mol. The molecule has 0 amide bonds. The molecule has 0 atom stereocenters. The van der Waals surface area contributed by atoms with Gasteiger partial charge in [-0.25, -0.2) is 21.6 Å². The van der Waals surface area contributed by atoms with Crippen molar-refractivity contribution in [1.29, 1.82) is 0 Å². The van der Waals surface area contributed by atoms with Crippen LogP contribution in [0.15, 0.2) is 11.0 Å². The van der Waals surface area contributed by atoms with E-state index < -0.39 is 19.9 Å². The van der Waals surface area contributed by atoms with Gasteiger partial charge in [0, 0.05) is 18.0 Å². The highest BCUT2D eigenvalue weighted by atomic mass is 32.2. The van der Waals surface area contributed by atoms with Crippen LogP contribution >= 0.6 is 0 Å². The number of rotatable bonds is 6. The first-order valence-electron chi connectivity index (χ1n) is 6.58. The summed E-state index contributed by atoms with van der Waals surface area (Å²) in [5.74, 6) is -0.230. The Balaban J connectivity index is 3.08. The van der Waals surface area contributed by atoms with Crippen molar-refractivity contribution >= 4 is 25.5 Å². The van der Waals surface area contributed by atoms with Gasteiger partial charge in [-0.15, -0.1) is 0 Å². The zero-order valence-corrected chi connectivity index (χ0v) is 14.4. The van der Waals surface area contributed by atoms with Crippen molar-refractivity contribution in [3.05, 3.63) is 22.8 Å². The van der Waals surface area contributed by atoms with Crippen molar-refractivity contribution < 1.29 is 16.8 Å². The lowest BCUT2D eigenvalue weighted by molar-refractivity contribution is 0.580. The maximum atomic E-state index is 12.4. The molecule has 0 bridgehead atoms. The Bertz CT molecular complexity index is 738. The fourth-order valence-corrected chi connectivity index (χ4v) is 4.49. The normalized spacial score (nSPS) is 12.6. The van der Waals surface area contributed by atoms with Crippen LogP contribution in [-0.4, -0.2) is 34.9 Å². The van der Waals surface area contributed by atoms with Gasteiger partial charge in [-0.2, -0.15) is 0 Å². The minimum absolute atomic E-state index is 0.00966. The molecule has 0 aliphatic rings. The number of nitrogen functional groups attached to an aromatic ring is 1. The molecule has 0 fully saturated rings. The van der Waals surface area contributed by atoms with Gasteiger partial charge in [-0.1, -0.05) is 13.0 Å². The monoisotopic (exact) mass is 334 g/mol. The number of aryl methyl sites for hydroxylation is 2. The van der Waals surface area contributed by atoms with Gasteiger partial charge < -0.3 is 5.73 Å². The molecule has 120 valence electrons. The van der Waals surface area contributed by atoms with Gasteiger partial charge in [-0.05, 0) is 37.5 Å². The molecule has 6 nitrogen and oxygen atoms in total. The van der Waals surface area contributed by atoms with Crippen LogP contribution in [0.5, 0.6) is 0 Å². The number of hydrogen-bond acceptors (Lipinski definition) is 5. The van der Waals surface area contributed by atoms with Crippen LogP contribution in [0.3, 0.4) is 0 Å². The summed E-state index contributed by atoms with van der Waals surface area (Å²) in [6, 6.07) is 1.71. The molecule has 0 radical (unpaired) electrons. The van der Waals surface area contributed by atoms with Crippen LogP contribution in [0, 0.1) is 20.8 Å². The minimum atomic E-state index is -3.79. The molecular weight excluding hydrogens is 312 g/mol. The summed E-state index contributed by atoms with van der Waals surface area (Å²) in [7, 11) is -7.00. The van der Waals surface area contributed by atoms with Crippen LogP contribution in [0.4, 0.5) is 5.69 Å². The van der Waals surface area contributed by atoms with Crippen molar-refractivity contribution in [1.82, 2.24) is 4.72 Å². The fraction of sp³-hybridized carbons (Fsp3) is 0.538. The van der Waals surface area contributed by atoms with E-state index in [1.807, 2.05) is 6.92 Å². The van der Waals surface area contributed by atoms with Crippen molar-refractivity contribution in [2.75, 3.05) is 23.8 Å². The number of nitrogens with one attached hydrogen (secondary N) is 1. The largest absolute Gasteiger partial charge is 0.398 e. The molecule has 8 heteroatoms. The van der Waals surface area contributed by atoms with Gasteiger partial charge in [0.25, 0.3) is 0 Å². The Kier molecular flexibility index (Phi) is 5.40. The third-order valence-electron chi connectivity index (χ3n) is 3.37. The van der Waals surface area contributed by atoms with E-state index in [0.29, 0.717) is 16.8 Å². The van der Waals surface area contributed by atoms with Gasteiger partial charge in [0.1, 0.15) is 0 Å². The Labute approximate surface area is 126 Å². The maximum Gasteiger partial charge on any atom is 0.241 e. The highest BCUT2D eigenvalue weighted by molar-refractivity contribution is 7.91. The molecule has 0 heterocycles. The van der Waals surface area contributed by atoms with Gasteiger partial charge in [-0.3, -0.25) is 0 Å². The molecule has 21 heavy (non-hydrogen) atoms. The lowest BCUT2D eigenvalue weighted by atomic mass is 10.1. The Morgan fingerprint density at radius 3 is 2.19 bits per heavy atom. The predicted molar refractivity (Wildman–Crippen MR) is 84.6 cm³/mol. The lowest BCUT2D eigenvalue weighted by Gasteiger charge is -2.15. The predicted octanol–water partition coefficient (Wildman–Crippen LogP) is 0.907. The topological polar surface area (TPSA) is 106 Å². The standard InChI is InChI=1S/C13H22N2O4S2/c1-5-20(16,17)7-6-15-21(18,19)13-10(3)8-9(2)12(14)11(13)4/h8,15H,5-7,14H2,1-4H3. The van der Waals surface area contributed by atoms with Crippen LogP contribution in [0.2, 0.25) is 0 Å². The van der Waals surface area contributed by atoms with Gasteiger partial charge in [0.2, 0.25) is 10.0 Å². The van der Waals surface area contributed by atoms with E-state index in [2.05, 4.69) is 4.72 Å². The maximum absolute atomic E-state index is 12.4. The molecule has 0 saturated heterocycles. The molecule has 0 spiro atoms. The van der Waals surface area contributed by atoms with Crippen LogP contribution in [-0.2, 0) is 19.9 Å². The summed E-state index contributed by atoms with van der Waals surface area (Å²) in [6.07, 6.45) is 0. The number of sulfonamides is 1. The van der Waals surface area contributed by atoms with Gasteiger partial charge in [0.05, 0.1) is 10.6 Å². The first-order chi connectivity index (χ1) is 9.52. The first-order valence-corrected chi connectivity index (χ1v) is 9.88. The van der Waals surface area contributed by atoms with E-state index in [0.717, 1.165) is 5.56 Å². The third-order valence-corrected chi connectivity index (χ3v) is 6.83. The number of benzene rings is 1. The van der Waals surface area contributed by atoms with E-state index in [1.54, 1.807) is 19.9 Å². The Hall–Kier alpha value is -1.12. The molecule has 1 aromatic carbocycles. The highest BCUT2D eigenvalue weighted by Crippen LogP contribution is 2.27. The number of hydrogen-bond donors (Lipinski definition) is 2. The summed E-state index contributed by atoms with van der Waals surface area (Å²) >= 11 is 0. The van der Waals surface area contributed by atoms with Crippen LogP contribution < -0.4 is 10.5 Å². The molecule has 3 N–H and O–H groups in total. The quantitative estimate of drug-likeness (QED) is 0.752. The average Bonchev–Trinajstić information content (AvgIpc) is 2.35. The summed E-state index contributed by atoms with van der Waals surface area (Å²) in [6.45, 7) is 6.53. The summed E-state index contributed by atoms with van der Waals surface area (Å²) in [5.41, 5.74) is 8.20. The van der Waals surface area contributed by atoms with Crippen molar-refractivity contribution in [2.24, 2.45) is 0 Å². The molecule has 0 aliphatic carbocycles. The van der Waals surface area contributed by atoms with Crippen molar-refractivity contribution in [3.63, 3.8) is 0 Å². The second-order valence-electron chi connectivity index (χ2n) is 5.01. The highest BCUT2D eigenvalue weighted by Gasteiger charge is 2.22. The van der Waals surface area contributed by atoms with Gasteiger partial charge in [0.15, 0.2) is 9.84 Å². The van der Waals surface area contributed by atoms with E-state index in [1.165, 1.54) is 6.92 Å². The molecule has 1 aromatic rings.